The first kappa shape index (κ1) is 17.2. The fourth-order valence-electron chi connectivity index (χ4n) is 2.79. The molecule has 4 rings (SSSR count). The first-order valence-corrected chi connectivity index (χ1v) is 8.66. The van der Waals surface area contributed by atoms with Gasteiger partial charge in [0.1, 0.15) is 6.07 Å². The summed E-state index contributed by atoms with van der Waals surface area (Å²) in [4.78, 5) is 8.77. The lowest BCUT2D eigenvalue weighted by Gasteiger charge is -2.32. The molecule has 1 aromatic heterocycles. The number of imidazole rings is 1. The lowest BCUT2D eigenvalue weighted by Crippen LogP contribution is -2.53. The summed E-state index contributed by atoms with van der Waals surface area (Å²) in [5.41, 5.74) is 3.96. The van der Waals surface area contributed by atoms with Crippen LogP contribution in [0.3, 0.4) is 0 Å². The van der Waals surface area contributed by atoms with Crippen molar-refractivity contribution in [3.8, 4) is 12.1 Å². The van der Waals surface area contributed by atoms with Gasteiger partial charge >= 0.3 is 5.79 Å². The average molecular weight is 383 g/mol. The number of aromatic nitrogens is 2. The van der Waals surface area contributed by atoms with E-state index in [4.69, 9.17) is 11.6 Å². The predicted octanol–water partition coefficient (Wildman–Crippen LogP) is 1.25. The second-order valence-electron chi connectivity index (χ2n) is 6.33. The van der Waals surface area contributed by atoms with E-state index in [-0.39, 0.29) is 11.6 Å². The molecule has 9 nitrogen and oxygen atoms in total. The van der Waals surface area contributed by atoms with E-state index in [0.717, 1.165) is 12.8 Å². The number of aliphatic imine (C=N–C) groups is 1. The van der Waals surface area contributed by atoms with Gasteiger partial charge in [-0.05, 0) is 30.5 Å². The molecule has 2 aromatic rings. The molecule has 0 saturated heterocycles. The molecule has 1 fully saturated rings. The fraction of sp³-hybridized carbons (Fsp3) is 0.294. The maximum Gasteiger partial charge on any atom is 0.312 e. The maximum atomic E-state index is 9.88. The molecule has 1 aliphatic heterocycles. The summed E-state index contributed by atoms with van der Waals surface area (Å²) in [5.74, 6) is -0.511. The van der Waals surface area contributed by atoms with Gasteiger partial charge in [0.2, 0.25) is 0 Å². The topological polar surface area (TPSA) is 134 Å². The first-order chi connectivity index (χ1) is 13.1. The van der Waals surface area contributed by atoms with E-state index in [1.165, 1.54) is 12.1 Å². The zero-order chi connectivity index (χ0) is 19.0. The van der Waals surface area contributed by atoms with E-state index in [1.54, 1.807) is 17.1 Å². The Balaban J connectivity index is 1.75. The summed E-state index contributed by atoms with van der Waals surface area (Å²) in [5, 5.41) is 35.1. The molecule has 0 radical (unpaired) electrons. The van der Waals surface area contributed by atoms with Crippen molar-refractivity contribution in [2.75, 3.05) is 10.7 Å². The Morgan fingerprint density at radius 2 is 2.22 bits per heavy atom. The van der Waals surface area contributed by atoms with Gasteiger partial charge in [0.05, 0.1) is 28.9 Å². The maximum absolute atomic E-state index is 9.88. The smallest absolute Gasteiger partial charge is 0.312 e. The van der Waals surface area contributed by atoms with Crippen LogP contribution in [0.5, 0.6) is 0 Å². The van der Waals surface area contributed by atoms with E-state index in [0.29, 0.717) is 34.5 Å². The minimum atomic E-state index is -1.57. The number of rotatable bonds is 4. The Hall–Kier alpha value is -3.27. The molecule has 0 amide bonds. The van der Waals surface area contributed by atoms with Crippen LogP contribution in [0.2, 0.25) is 5.02 Å². The van der Waals surface area contributed by atoms with Crippen molar-refractivity contribution in [3.05, 3.63) is 46.5 Å². The van der Waals surface area contributed by atoms with Crippen molar-refractivity contribution in [2.45, 2.75) is 31.3 Å². The van der Waals surface area contributed by atoms with Crippen LogP contribution in [0.4, 0.5) is 5.69 Å². The second-order valence-corrected chi connectivity index (χ2v) is 6.70. The van der Waals surface area contributed by atoms with Crippen LogP contribution in [-0.4, -0.2) is 32.4 Å². The van der Waals surface area contributed by atoms with Crippen LogP contribution in [0.25, 0.3) is 0 Å². The molecule has 0 bridgehead atoms. The van der Waals surface area contributed by atoms with Crippen LogP contribution in [0, 0.1) is 22.7 Å². The van der Waals surface area contributed by atoms with Crippen molar-refractivity contribution >= 4 is 23.1 Å². The molecule has 1 aromatic carbocycles. The number of aliphatic hydroxyl groups excluding tert-OH is 1. The summed E-state index contributed by atoms with van der Waals surface area (Å²) >= 11 is 6.33. The van der Waals surface area contributed by atoms with Gasteiger partial charge in [-0.25, -0.2) is 14.7 Å². The summed E-state index contributed by atoms with van der Waals surface area (Å²) in [6.07, 6.45) is 5.36. The fourth-order valence-corrected chi connectivity index (χ4v) is 3.00. The number of fused-ring (bicyclic) bond motifs is 1. The van der Waals surface area contributed by atoms with Gasteiger partial charge in [0, 0.05) is 18.4 Å². The third-order valence-corrected chi connectivity index (χ3v) is 4.70. The molecule has 2 heterocycles. The third-order valence-electron chi connectivity index (χ3n) is 4.26. The van der Waals surface area contributed by atoms with Crippen LogP contribution >= 0.6 is 11.6 Å². The Kier molecular flexibility index (Phi) is 4.11. The SMILES string of the molecule is N#Cc1cc(CO)c(Cl)c(NC2(C#N)N=C(NC3CC3)c3nccn3N2)c1. The molecule has 1 unspecified atom stereocenters. The van der Waals surface area contributed by atoms with Gasteiger partial charge in [0.25, 0.3) is 0 Å². The number of hydrogen-bond donors (Lipinski definition) is 4. The van der Waals surface area contributed by atoms with Gasteiger partial charge < -0.3 is 15.7 Å². The van der Waals surface area contributed by atoms with Crippen LogP contribution < -0.4 is 16.1 Å². The van der Waals surface area contributed by atoms with Crippen molar-refractivity contribution < 1.29 is 5.11 Å². The zero-order valence-corrected chi connectivity index (χ0v) is 14.8. The van der Waals surface area contributed by atoms with E-state index in [9.17, 15) is 15.6 Å². The molecule has 1 aliphatic carbocycles. The quantitative estimate of drug-likeness (QED) is 0.625. The summed E-state index contributed by atoms with van der Waals surface area (Å²) in [6.45, 7) is -0.334. The Morgan fingerprint density at radius 3 is 2.89 bits per heavy atom. The zero-order valence-electron chi connectivity index (χ0n) is 14.1. The van der Waals surface area contributed by atoms with Crippen LogP contribution in [0.1, 0.15) is 29.8 Å². The first-order valence-electron chi connectivity index (χ1n) is 8.28. The minimum absolute atomic E-state index is 0.219. The normalized spacial score (nSPS) is 20.5. The number of anilines is 1. The number of nitrogens with zero attached hydrogens (tertiary/aromatic N) is 5. The number of halogens is 1. The second kappa shape index (κ2) is 6.47. The Labute approximate surface area is 159 Å². The van der Waals surface area contributed by atoms with Crippen molar-refractivity contribution in [1.82, 2.24) is 15.0 Å². The molecule has 1 saturated carbocycles. The summed E-state index contributed by atoms with van der Waals surface area (Å²) < 4.78 is 1.60. The Bertz CT molecular complexity index is 1010. The van der Waals surface area contributed by atoms with Gasteiger partial charge in [0.15, 0.2) is 11.7 Å². The number of amidine groups is 1. The predicted molar refractivity (Wildman–Crippen MR) is 98.3 cm³/mol. The van der Waals surface area contributed by atoms with Crippen molar-refractivity contribution in [1.29, 1.82) is 10.5 Å². The molecule has 27 heavy (non-hydrogen) atoms. The van der Waals surface area contributed by atoms with Crippen LogP contribution in [-0.2, 0) is 6.61 Å². The number of hydrogen-bond acceptors (Lipinski definition) is 8. The molecular formula is C17H15ClN8O. The molecule has 4 N–H and O–H groups in total. The van der Waals surface area contributed by atoms with Crippen LogP contribution in [0.15, 0.2) is 29.5 Å². The van der Waals surface area contributed by atoms with E-state index >= 15 is 0 Å². The van der Waals surface area contributed by atoms with E-state index < -0.39 is 5.79 Å². The molecular weight excluding hydrogens is 368 g/mol. The number of nitriles is 2. The standard InChI is InChI=1S/C17H15ClN8O/c18-14-11(8-27)5-10(7-19)6-13(14)23-17(9-20)24-15(22-12-1-2-12)16-21-3-4-26(16)25-17/h3-6,12,23,25,27H,1-2,8H2,(H,22,24). The number of nitrogens with one attached hydrogen (secondary N) is 3. The highest BCUT2D eigenvalue weighted by Gasteiger charge is 2.38. The van der Waals surface area contributed by atoms with Gasteiger partial charge in [-0.1, -0.05) is 11.6 Å². The molecule has 1 atom stereocenters. The molecule has 2 aliphatic rings. The average Bonchev–Trinajstić information content (AvgIpc) is 3.37. The largest absolute Gasteiger partial charge is 0.392 e. The highest BCUT2D eigenvalue weighted by Crippen LogP contribution is 2.31. The monoisotopic (exact) mass is 382 g/mol. The highest BCUT2D eigenvalue weighted by molar-refractivity contribution is 6.34. The van der Waals surface area contributed by atoms with E-state index in [1.807, 2.05) is 6.07 Å². The molecule has 10 heteroatoms. The number of benzene rings is 1. The highest BCUT2D eigenvalue weighted by atomic mass is 35.5. The minimum Gasteiger partial charge on any atom is -0.392 e. The Morgan fingerprint density at radius 1 is 1.41 bits per heavy atom. The lowest BCUT2D eigenvalue weighted by molar-refractivity contribution is 0.282. The third kappa shape index (κ3) is 3.14. The number of aliphatic hydroxyl groups is 1. The van der Waals surface area contributed by atoms with Crippen molar-refractivity contribution in [2.24, 2.45) is 4.99 Å². The summed E-state index contributed by atoms with van der Waals surface area (Å²) in [7, 11) is 0. The summed E-state index contributed by atoms with van der Waals surface area (Å²) in [6, 6.07) is 7.46. The van der Waals surface area contributed by atoms with E-state index in [2.05, 4.69) is 32.1 Å². The molecule has 0 spiro atoms. The van der Waals surface area contributed by atoms with Gasteiger partial charge in [-0.2, -0.15) is 10.5 Å². The van der Waals surface area contributed by atoms with Gasteiger partial charge in [-0.15, -0.1) is 0 Å². The lowest BCUT2D eigenvalue weighted by atomic mass is 10.1. The molecule has 136 valence electrons. The van der Waals surface area contributed by atoms with Gasteiger partial charge in [-0.3, -0.25) is 5.43 Å². The van der Waals surface area contributed by atoms with Crippen molar-refractivity contribution in [3.63, 3.8) is 0 Å².